The van der Waals surface area contributed by atoms with Crippen molar-refractivity contribution in [3.8, 4) is 11.5 Å². The van der Waals surface area contributed by atoms with Crippen LogP contribution in [0.4, 0.5) is 0 Å². The smallest absolute Gasteiger partial charge is 0.317 e. The van der Waals surface area contributed by atoms with Gasteiger partial charge in [-0.3, -0.25) is 14.5 Å². The molecular weight excluding hydrogens is 360 g/mol. The number of methoxy groups -OCH3 is 1. The number of amides is 1. The first-order valence-electron chi connectivity index (χ1n) is 9.80. The molecule has 7 heteroatoms. The molecule has 0 unspecified atom stereocenters. The number of fused-ring (bicyclic) bond motifs is 1. The van der Waals surface area contributed by atoms with Gasteiger partial charge in [0.1, 0.15) is 18.1 Å². The third kappa shape index (κ3) is 4.30. The Bertz CT molecular complexity index is 796. The molecule has 0 atom stereocenters. The number of nitrogens with zero attached hydrogens (tertiary/aromatic N) is 1. The van der Waals surface area contributed by atoms with Crippen LogP contribution in [0.25, 0.3) is 6.08 Å². The molecule has 1 aromatic rings. The van der Waals surface area contributed by atoms with Crippen LogP contribution in [0.15, 0.2) is 23.8 Å². The first kappa shape index (κ1) is 18.8. The third-order valence-electron chi connectivity index (χ3n) is 5.71. The van der Waals surface area contributed by atoms with Gasteiger partial charge in [-0.15, -0.1) is 0 Å². The lowest BCUT2D eigenvalue weighted by Crippen LogP contribution is -2.55. The van der Waals surface area contributed by atoms with E-state index in [-0.39, 0.29) is 31.1 Å². The van der Waals surface area contributed by atoms with E-state index in [1.165, 1.54) is 12.8 Å². The van der Waals surface area contributed by atoms with Gasteiger partial charge in [-0.05, 0) is 55.9 Å². The van der Waals surface area contributed by atoms with Crippen molar-refractivity contribution in [1.29, 1.82) is 0 Å². The van der Waals surface area contributed by atoms with Gasteiger partial charge in [0.15, 0.2) is 0 Å². The largest absolute Gasteiger partial charge is 0.497 e. The lowest BCUT2D eigenvalue weighted by molar-refractivity contribution is -0.140. The number of carboxylic acid groups (broad SMARTS) is 1. The SMILES string of the molecule is COc1ccc2c(c1)C=C(C(=O)NC1CC(N(CC(=O)O)CC3CC3)C1)CO2. The number of rotatable bonds is 8. The summed E-state index contributed by atoms with van der Waals surface area (Å²) in [6.07, 6.45) is 5.83. The average molecular weight is 386 g/mol. The molecule has 3 aliphatic rings. The number of hydrogen-bond donors (Lipinski definition) is 2. The Kier molecular flexibility index (Phi) is 5.26. The van der Waals surface area contributed by atoms with Crippen LogP contribution >= 0.6 is 0 Å². The molecule has 2 N–H and O–H groups in total. The Morgan fingerprint density at radius 2 is 2.11 bits per heavy atom. The first-order chi connectivity index (χ1) is 13.5. The molecule has 28 heavy (non-hydrogen) atoms. The van der Waals surface area contributed by atoms with Crippen molar-refractivity contribution >= 4 is 18.0 Å². The van der Waals surface area contributed by atoms with Crippen LogP contribution in [0.5, 0.6) is 11.5 Å². The van der Waals surface area contributed by atoms with Gasteiger partial charge in [-0.25, -0.2) is 0 Å². The summed E-state index contributed by atoms with van der Waals surface area (Å²) in [6, 6.07) is 5.84. The Morgan fingerprint density at radius 1 is 1.32 bits per heavy atom. The molecule has 1 heterocycles. The number of carboxylic acids is 1. The van der Waals surface area contributed by atoms with Gasteiger partial charge in [0.2, 0.25) is 0 Å². The van der Waals surface area contributed by atoms with Crippen LogP contribution in [0.1, 0.15) is 31.2 Å². The fourth-order valence-electron chi connectivity index (χ4n) is 3.84. The first-order valence-corrected chi connectivity index (χ1v) is 9.80. The van der Waals surface area contributed by atoms with Crippen molar-refractivity contribution in [2.75, 3.05) is 26.8 Å². The normalized spacial score (nSPS) is 23.1. The van der Waals surface area contributed by atoms with Crippen molar-refractivity contribution in [1.82, 2.24) is 10.2 Å². The molecule has 1 amide bonds. The van der Waals surface area contributed by atoms with Crippen LogP contribution in [-0.4, -0.2) is 60.8 Å². The number of nitrogens with one attached hydrogen (secondary N) is 1. The number of carbonyl (C=O) groups is 2. The summed E-state index contributed by atoms with van der Waals surface area (Å²) in [6.45, 7) is 1.18. The van der Waals surface area contributed by atoms with Crippen LogP contribution in [0, 0.1) is 5.92 Å². The zero-order valence-corrected chi connectivity index (χ0v) is 16.0. The zero-order chi connectivity index (χ0) is 19.7. The van der Waals surface area contributed by atoms with E-state index in [1.807, 2.05) is 24.3 Å². The zero-order valence-electron chi connectivity index (χ0n) is 16.0. The average Bonchev–Trinajstić information content (AvgIpc) is 3.46. The molecule has 150 valence electrons. The van der Waals surface area contributed by atoms with Crippen LogP contribution in [0.3, 0.4) is 0 Å². The maximum absolute atomic E-state index is 12.6. The molecule has 4 rings (SSSR count). The van der Waals surface area contributed by atoms with Crippen molar-refractivity contribution in [3.05, 3.63) is 29.3 Å². The van der Waals surface area contributed by atoms with E-state index < -0.39 is 5.97 Å². The molecular formula is C21H26N2O5. The minimum Gasteiger partial charge on any atom is -0.497 e. The molecule has 2 saturated carbocycles. The van der Waals surface area contributed by atoms with Gasteiger partial charge in [-0.1, -0.05) is 0 Å². The molecule has 7 nitrogen and oxygen atoms in total. The number of ether oxygens (including phenoxy) is 2. The Balaban J connectivity index is 1.32. The second kappa shape index (κ2) is 7.83. The van der Waals surface area contributed by atoms with Crippen molar-refractivity contribution in [2.45, 2.75) is 37.8 Å². The Labute approximate surface area is 164 Å². The van der Waals surface area contributed by atoms with E-state index in [2.05, 4.69) is 10.2 Å². The molecule has 0 spiro atoms. The molecule has 2 fully saturated rings. The molecule has 0 aromatic heterocycles. The van der Waals surface area contributed by atoms with Crippen molar-refractivity contribution < 1.29 is 24.2 Å². The fraction of sp³-hybridized carbons (Fsp3) is 0.524. The topological polar surface area (TPSA) is 88.1 Å². The molecule has 0 saturated heterocycles. The highest BCUT2D eigenvalue weighted by Gasteiger charge is 2.38. The van der Waals surface area contributed by atoms with E-state index in [1.54, 1.807) is 7.11 Å². The summed E-state index contributed by atoms with van der Waals surface area (Å²) in [4.78, 5) is 25.8. The minimum absolute atomic E-state index is 0.0828. The third-order valence-corrected chi connectivity index (χ3v) is 5.71. The van der Waals surface area contributed by atoms with Crippen LogP contribution in [0.2, 0.25) is 0 Å². The van der Waals surface area contributed by atoms with Gasteiger partial charge in [0.05, 0.1) is 19.2 Å². The van der Waals surface area contributed by atoms with Gasteiger partial charge < -0.3 is 19.9 Å². The summed E-state index contributed by atoms with van der Waals surface area (Å²) in [5.74, 6) is 1.20. The van der Waals surface area contributed by atoms with Crippen LogP contribution in [-0.2, 0) is 9.59 Å². The predicted molar refractivity (Wildman–Crippen MR) is 103 cm³/mol. The van der Waals surface area contributed by atoms with E-state index in [0.717, 1.165) is 36.4 Å². The lowest BCUT2D eigenvalue weighted by atomic mass is 9.85. The maximum atomic E-state index is 12.6. The standard InChI is InChI=1S/C21H26N2O5/c1-27-18-4-5-19-14(7-18)6-15(12-28-19)21(26)22-16-8-17(9-16)23(11-20(24)25)10-13-2-3-13/h4-7,13,16-17H,2-3,8-12H2,1H3,(H,22,26)(H,24,25). The van der Waals surface area contributed by atoms with E-state index >= 15 is 0 Å². The molecule has 0 bridgehead atoms. The summed E-state index contributed by atoms with van der Waals surface area (Å²) in [5.41, 5.74) is 1.42. The second-order valence-corrected chi connectivity index (χ2v) is 7.92. The number of benzene rings is 1. The minimum atomic E-state index is -0.785. The number of carbonyl (C=O) groups excluding carboxylic acids is 1. The van der Waals surface area contributed by atoms with E-state index in [4.69, 9.17) is 14.6 Å². The lowest BCUT2D eigenvalue weighted by Gasteiger charge is -2.42. The summed E-state index contributed by atoms with van der Waals surface area (Å²) in [7, 11) is 1.60. The highest BCUT2D eigenvalue weighted by molar-refractivity contribution is 5.99. The Morgan fingerprint density at radius 3 is 2.79 bits per heavy atom. The number of aliphatic carboxylic acids is 1. The molecule has 2 aliphatic carbocycles. The van der Waals surface area contributed by atoms with Gasteiger partial charge >= 0.3 is 5.97 Å². The monoisotopic (exact) mass is 386 g/mol. The molecule has 1 aromatic carbocycles. The van der Waals surface area contributed by atoms with E-state index in [0.29, 0.717) is 11.5 Å². The number of hydrogen-bond acceptors (Lipinski definition) is 5. The fourth-order valence-corrected chi connectivity index (χ4v) is 3.84. The highest BCUT2D eigenvalue weighted by atomic mass is 16.5. The van der Waals surface area contributed by atoms with Gasteiger partial charge in [-0.2, -0.15) is 0 Å². The van der Waals surface area contributed by atoms with Gasteiger partial charge in [0.25, 0.3) is 5.91 Å². The summed E-state index contributed by atoms with van der Waals surface area (Å²) >= 11 is 0. The van der Waals surface area contributed by atoms with Crippen molar-refractivity contribution in [3.63, 3.8) is 0 Å². The maximum Gasteiger partial charge on any atom is 0.317 e. The van der Waals surface area contributed by atoms with Crippen LogP contribution < -0.4 is 14.8 Å². The highest BCUT2D eigenvalue weighted by Crippen LogP contribution is 2.34. The van der Waals surface area contributed by atoms with Crippen molar-refractivity contribution in [2.24, 2.45) is 5.92 Å². The molecule has 1 aliphatic heterocycles. The Hall–Kier alpha value is -2.54. The quantitative estimate of drug-likeness (QED) is 0.710. The summed E-state index contributed by atoms with van der Waals surface area (Å²) in [5, 5.41) is 12.2. The predicted octanol–water partition coefficient (Wildman–Crippen LogP) is 1.91. The second-order valence-electron chi connectivity index (χ2n) is 7.92. The van der Waals surface area contributed by atoms with Gasteiger partial charge in [0, 0.05) is 24.2 Å². The molecule has 0 radical (unpaired) electrons. The summed E-state index contributed by atoms with van der Waals surface area (Å²) < 4.78 is 10.9. The van der Waals surface area contributed by atoms with E-state index in [9.17, 15) is 9.59 Å².